The third-order valence-electron chi connectivity index (χ3n) is 3.03. The third-order valence-corrected chi connectivity index (χ3v) is 3.03. The van der Waals surface area contributed by atoms with Crippen LogP contribution in [0.25, 0.3) is 0 Å². The molecule has 6 nitrogen and oxygen atoms in total. The van der Waals surface area contributed by atoms with Crippen LogP contribution in [0.15, 0.2) is 0 Å². The van der Waals surface area contributed by atoms with E-state index in [1.165, 1.54) is 6.92 Å². The highest BCUT2D eigenvalue weighted by molar-refractivity contribution is 6.60. The normalized spacial score (nSPS) is 22.7. The molecule has 0 aliphatic heterocycles. The van der Waals surface area contributed by atoms with E-state index in [9.17, 15) is 24.0 Å². The third kappa shape index (κ3) is 2.94. The molecule has 0 unspecified atom stereocenters. The maximum absolute atomic E-state index is 11.9. The number of hydrogen-bond donors (Lipinski definition) is 0. The van der Waals surface area contributed by atoms with E-state index in [1.54, 1.807) is 0 Å². The number of carbonyl (C=O) groups is 5. The van der Waals surface area contributed by atoms with Crippen molar-refractivity contribution in [3.05, 3.63) is 0 Å². The van der Waals surface area contributed by atoms with Gasteiger partial charge in [0.1, 0.15) is 0 Å². The summed E-state index contributed by atoms with van der Waals surface area (Å²) in [5.74, 6) is -8.03. The topological polar surface area (TPSA) is 94.6 Å². The van der Waals surface area contributed by atoms with Crippen molar-refractivity contribution in [2.24, 2.45) is 11.8 Å². The minimum atomic E-state index is -1.78. The van der Waals surface area contributed by atoms with Crippen molar-refractivity contribution in [1.82, 2.24) is 0 Å². The van der Waals surface area contributed by atoms with Gasteiger partial charge in [0.2, 0.25) is 11.6 Å². The molecule has 0 spiro atoms. The van der Waals surface area contributed by atoms with E-state index in [1.807, 2.05) is 6.92 Å². The number of hydrogen-bond acceptors (Lipinski definition) is 6. The number of Topliss-reactive ketones (excluding diaryl/α,β-unsaturated/α-hetero) is 4. The fourth-order valence-corrected chi connectivity index (χ4v) is 2.02. The van der Waals surface area contributed by atoms with Gasteiger partial charge in [0.05, 0.1) is 12.5 Å². The zero-order valence-electron chi connectivity index (χ0n) is 10.9. The van der Waals surface area contributed by atoms with E-state index in [0.717, 1.165) is 6.42 Å². The highest BCUT2D eigenvalue weighted by Gasteiger charge is 2.53. The Bertz CT molecular complexity index is 436. The lowest BCUT2D eigenvalue weighted by atomic mass is 9.95. The van der Waals surface area contributed by atoms with Gasteiger partial charge in [-0.1, -0.05) is 19.8 Å². The molecular weight excluding hydrogens is 252 g/mol. The van der Waals surface area contributed by atoms with Crippen molar-refractivity contribution in [1.29, 1.82) is 0 Å². The van der Waals surface area contributed by atoms with Crippen molar-refractivity contribution in [2.75, 3.05) is 6.61 Å². The van der Waals surface area contributed by atoms with Gasteiger partial charge in [-0.15, -0.1) is 0 Å². The van der Waals surface area contributed by atoms with Crippen LogP contribution >= 0.6 is 0 Å². The van der Waals surface area contributed by atoms with Gasteiger partial charge in [0, 0.05) is 0 Å². The summed E-state index contributed by atoms with van der Waals surface area (Å²) in [6, 6.07) is 0. The summed E-state index contributed by atoms with van der Waals surface area (Å²) in [4.78, 5) is 58.1. The molecule has 104 valence electrons. The Morgan fingerprint density at radius 2 is 1.74 bits per heavy atom. The molecule has 0 N–H and O–H groups in total. The second kappa shape index (κ2) is 6.36. The van der Waals surface area contributed by atoms with E-state index in [-0.39, 0.29) is 13.0 Å². The Labute approximate surface area is 110 Å². The molecule has 1 aliphatic carbocycles. The zero-order chi connectivity index (χ0) is 14.6. The summed E-state index contributed by atoms with van der Waals surface area (Å²) in [6.45, 7) is 3.35. The van der Waals surface area contributed by atoms with Crippen molar-refractivity contribution >= 4 is 29.1 Å². The van der Waals surface area contributed by atoms with Crippen LogP contribution in [0.3, 0.4) is 0 Å². The first-order chi connectivity index (χ1) is 8.95. The van der Waals surface area contributed by atoms with Crippen molar-refractivity contribution in [3.63, 3.8) is 0 Å². The quantitative estimate of drug-likeness (QED) is 0.389. The Hall–Kier alpha value is -1.85. The zero-order valence-corrected chi connectivity index (χ0v) is 10.9. The lowest BCUT2D eigenvalue weighted by Gasteiger charge is -2.06. The molecule has 1 rings (SSSR count). The first-order valence-electron chi connectivity index (χ1n) is 6.28. The van der Waals surface area contributed by atoms with Gasteiger partial charge >= 0.3 is 5.97 Å². The Balaban J connectivity index is 2.88. The minimum absolute atomic E-state index is 0.0348. The van der Waals surface area contributed by atoms with Crippen molar-refractivity contribution in [3.8, 4) is 0 Å². The second-order valence-electron chi connectivity index (χ2n) is 4.34. The Morgan fingerprint density at radius 3 is 2.26 bits per heavy atom. The summed E-state index contributed by atoms with van der Waals surface area (Å²) in [5, 5.41) is 0. The minimum Gasteiger partial charge on any atom is -0.460 e. The summed E-state index contributed by atoms with van der Waals surface area (Å²) in [7, 11) is 0. The molecule has 0 aromatic heterocycles. The van der Waals surface area contributed by atoms with Crippen molar-refractivity contribution < 1.29 is 28.7 Å². The Morgan fingerprint density at radius 1 is 1.11 bits per heavy atom. The maximum Gasteiger partial charge on any atom is 0.375 e. The molecule has 1 saturated carbocycles. The summed E-state index contributed by atoms with van der Waals surface area (Å²) in [5.41, 5.74) is 0. The van der Waals surface area contributed by atoms with Crippen LogP contribution in [0.2, 0.25) is 0 Å². The van der Waals surface area contributed by atoms with E-state index in [2.05, 4.69) is 4.74 Å². The SMILES string of the molecule is CCCC[C@H]1C(=O)C(=O)[C@H](C(=O)C(=O)OCC)C1=O. The summed E-state index contributed by atoms with van der Waals surface area (Å²) < 4.78 is 4.46. The second-order valence-corrected chi connectivity index (χ2v) is 4.34. The first kappa shape index (κ1) is 15.2. The van der Waals surface area contributed by atoms with Crippen LogP contribution in [-0.4, -0.2) is 35.7 Å². The smallest absolute Gasteiger partial charge is 0.375 e. The van der Waals surface area contributed by atoms with Gasteiger partial charge in [-0.25, -0.2) is 4.79 Å². The number of unbranched alkanes of at least 4 members (excludes halogenated alkanes) is 1. The lowest BCUT2D eigenvalue weighted by Crippen LogP contribution is -2.33. The molecule has 19 heavy (non-hydrogen) atoms. The molecule has 2 atom stereocenters. The van der Waals surface area contributed by atoms with Gasteiger partial charge in [-0.05, 0) is 13.3 Å². The van der Waals surface area contributed by atoms with E-state index in [4.69, 9.17) is 0 Å². The monoisotopic (exact) mass is 268 g/mol. The molecule has 0 amide bonds. The van der Waals surface area contributed by atoms with Crippen LogP contribution in [0.4, 0.5) is 0 Å². The van der Waals surface area contributed by atoms with Crippen molar-refractivity contribution in [2.45, 2.75) is 33.1 Å². The highest BCUT2D eigenvalue weighted by atomic mass is 16.5. The average Bonchev–Trinajstić information content (AvgIpc) is 2.58. The van der Waals surface area contributed by atoms with Gasteiger partial charge in [0.25, 0.3) is 5.78 Å². The molecule has 0 heterocycles. The number of ether oxygens (including phenoxy) is 1. The number of esters is 1. The van der Waals surface area contributed by atoms with E-state index in [0.29, 0.717) is 6.42 Å². The molecule has 0 saturated heterocycles. The number of ketones is 4. The highest BCUT2D eigenvalue weighted by Crippen LogP contribution is 2.26. The Kier molecular flexibility index (Phi) is 5.09. The van der Waals surface area contributed by atoms with Crippen LogP contribution in [0.5, 0.6) is 0 Å². The fraction of sp³-hybridized carbons (Fsp3) is 0.615. The molecule has 0 bridgehead atoms. The van der Waals surface area contributed by atoms with E-state index < -0.39 is 40.9 Å². The summed E-state index contributed by atoms with van der Waals surface area (Å²) in [6.07, 6.45) is 1.62. The van der Waals surface area contributed by atoms with Crippen LogP contribution in [0, 0.1) is 11.8 Å². The number of rotatable bonds is 6. The molecule has 0 aromatic rings. The lowest BCUT2D eigenvalue weighted by molar-refractivity contribution is -0.157. The molecule has 1 fully saturated rings. The molecule has 6 heteroatoms. The molecule has 1 aliphatic rings. The standard InChI is InChI=1S/C13H16O6/c1-3-5-6-7-9(14)8(11(16)10(7)15)12(17)13(18)19-4-2/h7-8H,3-6H2,1-2H3/t7-,8-/m1/s1. The summed E-state index contributed by atoms with van der Waals surface area (Å²) >= 11 is 0. The fourth-order valence-electron chi connectivity index (χ4n) is 2.02. The van der Waals surface area contributed by atoms with Crippen LogP contribution < -0.4 is 0 Å². The maximum atomic E-state index is 11.9. The van der Waals surface area contributed by atoms with E-state index >= 15 is 0 Å². The average molecular weight is 268 g/mol. The predicted molar refractivity (Wildman–Crippen MR) is 63.2 cm³/mol. The molecular formula is C13H16O6. The molecule has 0 radical (unpaired) electrons. The van der Waals surface area contributed by atoms with Gasteiger partial charge < -0.3 is 4.74 Å². The van der Waals surface area contributed by atoms with Gasteiger partial charge in [0.15, 0.2) is 11.7 Å². The van der Waals surface area contributed by atoms with Gasteiger partial charge in [-0.3, -0.25) is 19.2 Å². The van der Waals surface area contributed by atoms with Crippen LogP contribution in [-0.2, 0) is 28.7 Å². The predicted octanol–water partition coefficient (Wildman–Crippen LogP) is 0.262. The van der Waals surface area contributed by atoms with Crippen LogP contribution in [0.1, 0.15) is 33.1 Å². The number of carbonyl (C=O) groups excluding carboxylic acids is 5. The largest absolute Gasteiger partial charge is 0.460 e. The first-order valence-corrected chi connectivity index (χ1v) is 6.28. The molecule has 0 aromatic carbocycles. The van der Waals surface area contributed by atoms with Gasteiger partial charge in [-0.2, -0.15) is 0 Å².